The van der Waals surface area contributed by atoms with Crippen molar-refractivity contribution < 1.29 is 14.5 Å². The molecule has 2 aromatic carbocycles. The van der Waals surface area contributed by atoms with Crippen molar-refractivity contribution in [1.82, 2.24) is 0 Å². The molecule has 0 unspecified atom stereocenters. The molecule has 6 nitrogen and oxygen atoms in total. The zero-order chi connectivity index (χ0) is 18.9. The highest BCUT2D eigenvalue weighted by Crippen LogP contribution is 2.27. The van der Waals surface area contributed by atoms with Gasteiger partial charge in [-0.05, 0) is 40.6 Å². The van der Waals surface area contributed by atoms with E-state index in [1.165, 1.54) is 24.3 Å². The molecule has 136 valence electrons. The van der Waals surface area contributed by atoms with Gasteiger partial charge in [-0.15, -0.1) is 0 Å². The van der Waals surface area contributed by atoms with E-state index in [0.29, 0.717) is 16.8 Å². The fraction of sp³-hybridized carbons (Fsp3) is 0.211. The summed E-state index contributed by atoms with van der Waals surface area (Å²) in [5.41, 5.74) is 1.21. The monoisotopic (exact) mass is 418 g/mol. The molecule has 26 heavy (non-hydrogen) atoms. The number of halogens is 1. The van der Waals surface area contributed by atoms with E-state index in [-0.39, 0.29) is 11.6 Å². The number of non-ortho nitro benzene ring substituents is 1. The summed E-state index contributed by atoms with van der Waals surface area (Å²) in [6.07, 6.45) is 5.09. The van der Waals surface area contributed by atoms with Gasteiger partial charge in [-0.3, -0.25) is 14.9 Å². The fourth-order valence-electron chi connectivity index (χ4n) is 2.13. The van der Waals surface area contributed by atoms with Gasteiger partial charge in [0.15, 0.2) is 0 Å². The number of rotatable bonds is 8. The van der Waals surface area contributed by atoms with Crippen LogP contribution in [-0.2, 0) is 4.79 Å². The van der Waals surface area contributed by atoms with Crippen LogP contribution in [0.4, 0.5) is 11.4 Å². The lowest BCUT2D eigenvalue weighted by molar-refractivity contribution is -0.384. The molecule has 0 fully saturated rings. The van der Waals surface area contributed by atoms with Gasteiger partial charge in [-0.25, -0.2) is 0 Å². The normalized spacial score (nSPS) is 10.7. The van der Waals surface area contributed by atoms with E-state index in [9.17, 15) is 14.9 Å². The second kappa shape index (κ2) is 9.72. The molecular weight excluding hydrogens is 400 g/mol. The van der Waals surface area contributed by atoms with Crippen LogP contribution in [0.25, 0.3) is 6.08 Å². The maximum Gasteiger partial charge on any atom is 0.270 e. The quantitative estimate of drug-likeness (QED) is 0.276. The maximum atomic E-state index is 12.1. The standard InChI is InChI=1S/C19H19BrN2O4/c1-2-3-12-26-18-7-5-4-6-14(18)8-11-19(23)21-17-10-9-15(22(24)25)13-16(17)20/h4-11,13H,2-3,12H2,1H3,(H,21,23)/b11-8+. The van der Waals surface area contributed by atoms with Crippen molar-refractivity contribution in [1.29, 1.82) is 0 Å². The minimum atomic E-state index is -0.494. The molecule has 0 saturated heterocycles. The van der Waals surface area contributed by atoms with Crippen molar-refractivity contribution in [3.8, 4) is 5.75 Å². The molecule has 0 atom stereocenters. The third-order valence-electron chi connectivity index (χ3n) is 3.51. The zero-order valence-electron chi connectivity index (χ0n) is 14.3. The van der Waals surface area contributed by atoms with E-state index >= 15 is 0 Å². The minimum absolute atomic E-state index is 0.0522. The van der Waals surface area contributed by atoms with Crippen LogP contribution >= 0.6 is 15.9 Å². The molecule has 0 aliphatic carbocycles. The Labute approximate surface area is 160 Å². The first-order valence-electron chi connectivity index (χ1n) is 8.16. The van der Waals surface area contributed by atoms with E-state index < -0.39 is 4.92 Å². The van der Waals surface area contributed by atoms with Crippen molar-refractivity contribution >= 4 is 39.3 Å². The highest BCUT2D eigenvalue weighted by Gasteiger charge is 2.10. The molecule has 0 bridgehead atoms. The van der Waals surface area contributed by atoms with E-state index in [0.717, 1.165) is 24.2 Å². The number of unbranched alkanes of at least 4 members (excludes halogenated alkanes) is 1. The molecule has 0 spiro atoms. The van der Waals surface area contributed by atoms with Gasteiger partial charge < -0.3 is 10.1 Å². The van der Waals surface area contributed by atoms with Crippen LogP contribution in [0.5, 0.6) is 5.75 Å². The summed E-state index contributed by atoms with van der Waals surface area (Å²) >= 11 is 3.22. The number of nitrogens with zero attached hydrogens (tertiary/aromatic N) is 1. The minimum Gasteiger partial charge on any atom is -0.493 e. The van der Waals surface area contributed by atoms with Crippen LogP contribution in [0, 0.1) is 10.1 Å². The molecule has 0 heterocycles. The molecule has 0 aliphatic rings. The van der Waals surface area contributed by atoms with Crippen LogP contribution in [-0.4, -0.2) is 17.4 Å². The lowest BCUT2D eigenvalue weighted by Crippen LogP contribution is -2.08. The molecule has 0 aliphatic heterocycles. The Bertz CT molecular complexity index is 821. The van der Waals surface area contributed by atoms with Crippen LogP contribution in [0.2, 0.25) is 0 Å². The summed E-state index contributed by atoms with van der Waals surface area (Å²) in [5, 5.41) is 13.4. The first kappa shape index (κ1) is 19.7. The smallest absolute Gasteiger partial charge is 0.270 e. The number of carbonyl (C=O) groups is 1. The van der Waals surface area contributed by atoms with Gasteiger partial charge in [0.1, 0.15) is 5.75 Å². The van der Waals surface area contributed by atoms with Crippen molar-refractivity contribution in [2.45, 2.75) is 19.8 Å². The highest BCUT2D eigenvalue weighted by molar-refractivity contribution is 9.10. The van der Waals surface area contributed by atoms with Gasteiger partial charge >= 0.3 is 0 Å². The summed E-state index contributed by atoms with van der Waals surface area (Å²) in [6, 6.07) is 11.6. The van der Waals surface area contributed by atoms with E-state index in [1.54, 1.807) is 6.08 Å². The topological polar surface area (TPSA) is 81.5 Å². The van der Waals surface area contributed by atoms with Crippen molar-refractivity contribution in [3.05, 3.63) is 68.7 Å². The Morgan fingerprint density at radius 3 is 2.77 bits per heavy atom. The number of nitro benzene ring substituents is 1. The van der Waals surface area contributed by atoms with Gasteiger partial charge in [0.05, 0.1) is 17.2 Å². The number of hydrogen-bond acceptors (Lipinski definition) is 4. The maximum absolute atomic E-state index is 12.1. The summed E-state index contributed by atoms with van der Waals surface area (Å²) < 4.78 is 6.17. The number of nitro groups is 1. The largest absolute Gasteiger partial charge is 0.493 e. The van der Waals surface area contributed by atoms with Crippen molar-refractivity contribution in [3.63, 3.8) is 0 Å². The Morgan fingerprint density at radius 1 is 1.31 bits per heavy atom. The SMILES string of the molecule is CCCCOc1ccccc1/C=C/C(=O)Nc1ccc([N+](=O)[O-])cc1Br. The van der Waals surface area contributed by atoms with Crippen LogP contribution in [0.1, 0.15) is 25.3 Å². The number of para-hydroxylation sites is 1. The lowest BCUT2D eigenvalue weighted by Gasteiger charge is -2.08. The molecule has 1 amide bonds. The Morgan fingerprint density at radius 2 is 2.08 bits per heavy atom. The van der Waals surface area contributed by atoms with E-state index in [4.69, 9.17) is 4.74 Å². The van der Waals surface area contributed by atoms with Gasteiger partial charge in [-0.2, -0.15) is 0 Å². The van der Waals surface area contributed by atoms with E-state index in [1.807, 2.05) is 24.3 Å². The molecular formula is C19H19BrN2O4. The summed E-state index contributed by atoms with van der Waals surface area (Å²) in [6.45, 7) is 2.72. The first-order valence-corrected chi connectivity index (χ1v) is 8.95. The van der Waals surface area contributed by atoms with Gasteiger partial charge in [0.2, 0.25) is 5.91 Å². The summed E-state index contributed by atoms with van der Waals surface area (Å²) in [4.78, 5) is 22.4. The number of ether oxygens (including phenoxy) is 1. The van der Waals surface area contributed by atoms with Crippen LogP contribution < -0.4 is 10.1 Å². The van der Waals surface area contributed by atoms with Crippen LogP contribution in [0.15, 0.2) is 53.0 Å². The average Bonchev–Trinajstić information content (AvgIpc) is 2.62. The molecule has 2 aromatic rings. The van der Waals surface area contributed by atoms with E-state index in [2.05, 4.69) is 28.2 Å². The zero-order valence-corrected chi connectivity index (χ0v) is 15.9. The van der Waals surface area contributed by atoms with Crippen molar-refractivity contribution in [2.75, 3.05) is 11.9 Å². The number of benzene rings is 2. The van der Waals surface area contributed by atoms with Gasteiger partial charge in [-0.1, -0.05) is 31.5 Å². The molecule has 7 heteroatoms. The lowest BCUT2D eigenvalue weighted by atomic mass is 10.2. The number of amides is 1. The second-order valence-electron chi connectivity index (χ2n) is 5.48. The Hall–Kier alpha value is -2.67. The third-order valence-corrected chi connectivity index (χ3v) is 4.17. The fourth-order valence-corrected chi connectivity index (χ4v) is 2.60. The van der Waals surface area contributed by atoms with Gasteiger partial charge in [0, 0.05) is 28.2 Å². The first-order chi connectivity index (χ1) is 12.5. The molecule has 2 rings (SSSR count). The highest BCUT2D eigenvalue weighted by atomic mass is 79.9. The number of nitrogens with one attached hydrogen (secondary N) is 1. The van der Waals surface area contributed by atoms with Crippen molar-refractivity contribution in [2.24, 2.45) is 0 Å². The Kier molecular flexibility index (Phi) is 7.35. The summed E-state index contributed by atoms with van der Waals surface area (Å²) in [5.74, 6) is 0.379. The molecule has 0 aromatic heterocycles. The number of hydrogen-bond donors (Lipinski definition) is 1. The Balaban J connectivity index is 2.05. The third kappa shape index (κ3) is 5.70. The second-order valence-corrected chi connectivity index (χ2v) is 6.34. The molecule has 1 N–H and O–H groups in total. The number of anilines is 1. The number of carbonyl (C=O) groups excluding carboxylic acids is 1. The molecule has 0 saturated carbocycles. The predicted molar refractivity (Wildman–Crippen MR) is 105 cm³/mol. The summed E-state index contributed by atoms with van der Waals surface area (Å²) in [7, 11) is 0. The average molecular weight is 419 g/mol. The van der Waals surface area contributed by atoms with Gasteiger partial charge in [0.25, 0.3) is 5.69 Å². The predicted octanol–water partition coefficient (Wildman–Crippen LogP) is 5.19. The van der Waals surface area contributed by atoms with Crippen LogP contribution in [0.3, 0.4) is 0 Å². The molecule has 0 radical (unpaired) electrons.